The molecule has 0 fully saturated rings. The van der Waals surface area contributed by atoms with Gasteiger partial charge in [0, 0.05) is 6.20 Å². The Hall–Kier alpha value is -0.910. The maximum atomic E-state index is 12.0. The molecule has 0 amide bonds. The van der Waals surface area contributed by atoms with E-state index in [1.807, 2.05) is 0 Å². The Morgan fingerprint density at radius 2 is 1.86 bits per heavy atom. The molecular weight excluding hydrogens is 222 g/mol. The molecule has 0 spiro atoms. The van der Waals surface area contributed by atoms with E-state index in [4.69, 9.17) is 9.79 Å². The van der Waals surface area contributed by atoms with Gasteiger partial charge >= 0.3 is 13.8 Å². The molecule has 1 heterocycles. The quantitative estimate of drug-likeness (QED) is 0.699. The maximum Gasteiger partial charge on any atom is 0.433 e. The summed E-state index contributed by atoms with van der Waals surface area (Å²) in [6.45, 7) is 0. The topological polar surface area (TPSA) is 70.4 Å². The first-order chi connectivity index (χ1) is 6.21. The summed E-state index contributed by atoms with van der Waals surface area (Å²) in [4.78, 5) is 20.0. The number of aromatic nitrogens is 1. The zero-order valence-corrected chi connectivity index (χ0v) is 7.46. The number of halogens is 3. The lowest BCUT2D eigenvalue weighted by atomic mass is 10.3. The summed E-state index contributed by atoms with van der Waals surface area (Å²) < 4.78 is 46.4. The summed E-state index contributed by atoms with van der Waals surface area (Å²) >= 11 is 0. The van der Waals surface area contributed by atoms with E-state index in [0.717, 1.165) is 0 Å². The molecule has 0 aromatic carbocycles. The summed E-state index contributed by atoms with van der Waals surface area (Å²) in [5, 5.41) is -0.537. The highest BCUT2D eigenvalue weighted by molar-refractivity contribution is 7.60. The van der Waals surface area contributed by atoms with Gasteiger partial charge in [-0.2, -0.15) is 13.2 Å². The van der Waals surface area contributed by atoms with Crippen LogP contribution < -0.4 is 5.30 Å². The monoisotopic (exact) mass is 227 g/mol. The van der Waals surface area contributed by atoms with Gasteiger partial charge in [-0.25, -0.2) is 0 Å². The van der Waals surface area contributed by atoms with Crippen LogP contribution in [-0.2, 0) is 10.7 Å². The Balaban J connectivity index is 3.08. The Morgan fingerprint density at radius 3 is 2.14 bits per heavy atom. The molecule has 0 unspecified atom stereocenters. The molecule has 0 aliphatic carbocycles. The van der Waals surface area contributed by atoms with Crippen LogP contribution in [0.2, 0.25) is 0 Å². The van der Waals surface area contributed by atoms with Crippen molar-refractivity contribution in [2.45, 2.75) is 6.18 Å². The molecule has 2 N–H and O–H groups in total. The zero-order valence-electron chi connectivity index (χ0n) is 6.56. The van der Waals surface area contributed by atoms with Crippen LogP contribution in [0.25, 0.3) is 0 Å². The Bertz CT molecular complexity index is 369. The van der Waals surface area contributed by atoms with Gasteiger partial charge in [-0.15, -0.1) is 0 Å². The first-order valence-corrected chi connectivity index (χ1v) is 4.92. The number of nitrogens with zero attached hydrogens (tertiary/aromatic N) is 1. The number of alkyl halides is 3. The predicted octanol–water partition coefficient (Wildman–Crippen LogP) is 0.903. The Morgan fingerprint density at radius 1 is 1.29 bits per heavy atom. The lowest BCUT2D eigenvalue weighted by Gasteiger charge is -2.07. The fourth-order valence-electron chi connectivity index (χ4n) is 0.726. The van der Waals surface area contributed by atoms with E-state index in [-0.39, 0.29) is 0 Å². The molecule has 4 nitrogen and oxygen atoms in total. The average molecular weight is 227 g/mol. The van der Waals surface area contributed by atoms with Crippen LogP contribution in [0.3, 0.4) is 0 Å². The second-order valence-electron chi connectivity index (χ2n) is 2.44. The zero-order chi connectivity index (χ0) is 11.0. The normalized spacial score (nSPS) is 12.9. The number of rotatable bonds is 1. The molecular formula is C6H5F3NO3P. The van der Waals surface area contributed by atoms with Crippen LogP contribution in [0.1, 0.15) is 5.69 Å². The molecule has 0 aliphatic heterocycles. The van der Waals surface area contributed by atoms with Gasteiger partial charge in [-0.1, -0.05) is 0 Å². The number of hydrogen-bond acceptors (Lipinski definition) is 2. The molecule has 0 saturated heterocycles. The summed E-state index contributed by atoms with van der Waals surface area (Å²) in [5.41, 5.74) is -1.19. The third-order valence-electron chi connectivity index (χ3n) is 1.37. The van der Waals surface area contributed by atoms with Crippen molar-refractivity contribution in [2.75, 3.05) is 0 Å². The van der Waals surface area contributed by atoms with E-state index < -0.39 is 24.8 Å². The molecule has 0 saturated carbocycles. The third kappa shape index (κ3) is 2.54. The van der Waals surface area contributed by atoms with Crippen molar-refractivity contribution in [3.63, 3.8) is 0 Å². The molecule has 78 valence electrons. The summed E-state index contributed by atoms with van der Waals surface area (Å²) in [6, 6.07) is 1.23. The maximum absolute atomic E-state index is 12.0. The summed E-state index contributed by atoms with van der Waals surface area (Å²) in [5.74, 6) is 0. The minimum Gasteiger partial charge on any atom is -0.321 e. The van der Waals surface area contributed by atoms with Crippen LogP contribution in [-0.4, -0.2) is 14.8 Å². The Kier molecular flexibility index (Phi) is 2.67. The van der Waals surface area contributed by atoms with Crippen molar-refractivity contribution in [3.05, 3.63) is 24.0 Å². The van der Waals surface area contributed by atoms with Crippen LogP contribution in [0.5, 0.6) is 0 Å². The second-order valence-corrected chi connectivity index (χ2v) is 4.05. The van der Waals surface area contributed by atoms with Crippen LogP contribution in [0.4, 0.5) is 13.2 Å². The van der Waals surface area contributed by atoms with Crippen molar-refractivity contribution in [1.82, 2.24) is 4.98 Å². The molecule has 0 atom stereocenters. The molecule has 8 heteroatoms. The molecule has 0 bridgehead atoms. The SMILES string of the molecule is O=P(O)(O)c1ccc(C(F)(F)F)nc1. The van der Waals surface area contributed by atoms with E-state index in [2.05, 4.69) is 4.98 Å². The standard InChI is InChI=1S/C6H5F3NO3P/c7-6(8,9)5-2-1-4(3-10-5)14(11,12)13/h1-3H,(H2,11,12,13). The van der Waals surface area contributed by atoms with Gasteiger partial charge in [0.25, 0.3) is 0 Å². The molecule has 1 aromatic rings. The van der Waals surface area contributed by atoms with E-state index in [1.54, 1.807) is 0 Å². The summed E-state index contributed by atoms with van der Waals surface area (Å²) in [6.07, 6.45) is -4.09. The summed E-state index contributed by atoms with van der Waals surface area (Å²) in [7, 11) is -4.52. The van der Waals surface area contributed by atoms with E-state index in [0.29, 0.717) is 18.3 Å². The highest BCUT2D eigenvalue weighted by Gasteiger charge is 2.32. The highest BCUT2D eigenvalue weighted by Crippen LogP contribution is 2.33. The van der Waals surface area contributed by atoms with Gasteiger partial charge in [0.15, 0.2) is 0 Å². The van der Waals surface area contributed by atoms with Gasteiger partial charge in [0.2, 0.25) is 0 Å². The Labute approximate surface area is 76.6 Å². The van der Waals surface area contributed by atoms with Gasteiger partial charge in [-0.3, -0.25) is 9.55 Å². The van der Waals surface area contributed by atoms with Crippen molar-refractivity contribution < 1.29 is 27.5 Å². The van der Waals surface area contributed by atoms with Gasteiger partial charge in [0.1, 0.15) is 5.69 Å². The van der Waals surface area contributed by atoms with Gasteiger partial charge in [-0.05, 0) is 12.1 Å². The lowest BCUT2D eigenvalue weighted by molar-refractivity contribution is -0.141. The highest BCUT2D eigenvalue weighted by atomic mass is 31.2. The van der Waals surface area contributed by atoms with Gasteiger partial charge < -0.3 is 9.79 Å². The predicted molar refractivity (Wildman–Crippen MR) is 40.9 cm³/mol. The van der Waals surface area contributed by atoms with Crippen molar-refractivity contribution in [2.24, 2.45) is 0 Å². The van der Waals surface area contributed by atoms with Crippen molar-refractivity contribution in [1.29, 1.82) is 0 Å². The van der Waals surface area contributed by atoms with Crippen molar-refractivity contribution in [3.8, 4) is 0 Å². The van der Waals surface area contributed by atoms with E-state index in [9.17, 15) is 17.7 Å². The minimum absolute atomic E-state index is 0.517. The number of hydrogen-bond donors (Lipinski definition) is 2. The van der Waals surface area contributed by atoms with Crippen LogP contribution >= 0.6 is 7.60 Å². The van der Waals surface area contributed by atoms with Crippen molar-refractivity contribution >= 4 is 12.9 Å². The molecule has 1 rings (SSSR count). The lowest BCUT2D eigenvalue weighted by Crippen LogP contribution is -2.12. The first kappa shape index (κ1) is 11.2. The molecule has 0 aliphatic rings. The minimum atomic E-state index is -4.60. The van der Waals surface area contributed by atoms with Gasteiger partial charge in [0.05, 0.1) is 5.30 Å². The van der Waals surface area contributed by atoms with Crippen LogP contribution in [0.15, 0.2) is 18.3 Å². The van der Waals surface area contributed by atoms with Crippen LogP contribution in [0, 0.1) is 0 Å². The van der Waals surface area contributed by atoms with E-state index >= 15 is 0 Å². The van der Waals surface area contributed by atoms with E-state index in [1.165, 1.54) is 0 Å². The largest absolute Gasteiger partial charge is 0.433 e. The molecule has 1 aromatic heterocycles. The third-order valence-corrected chi connectivity index (χ3v) is 2.31. The fraction of sp³-hybridized carbons (Fsp3) is 0.167. The fourth-order valence-corrected chi connectivity index (χ4v) is 1.20. The molecule has 14 heavy (non-hydrogen) atoms. The number of pyridine rings is 1. The second kappa shape index (κ2) is 3.34. The first-order valence-electron chi connectivity index (χ1n) is 3.30. The average Bonchev–Trinajstić information content (AvgIpc) is 2.01. The smallest absolute Gasteiger partial charge is 0.321 e. The molecule has 0 radical (unpaired) electrons.